The molecule has 0 spiro atoms. The molecular weight excluding hydrogens is 470 g/mol. The van der Waals surface area contributed by atoms with Gasteiger partial charge in [0.1, 0.15) is 11.3 Å². The summed E-state index contributed by atoms with van der Waals surface area (Å²) < 4.78 is 12.5. The minimum atomic E-state index is -0.572. The molecule has 2 heterocycles. The Bertz CT molecular complexity index is 1380. The highest BCUT2D eigenvalue weighted by molar-refractivity contribution is 9.10. The largest absolute Gasteiger partial charge is 0.494 e. The first-order valence-electron chi connectivity index (χ1n) is 10.4. The van der Waals surface area contributed by atoms with Crippen LogP contribution in [0.4, 0.5) is 0 Å². The van der Waals surface area contributed by atoms with Gasteiger partial charge in [-0.05, 0) is 48.4 Å². The summed E-state index contributed by atoms with van der Waals surface area (Å²) >= 11 is 3.43. The molecule has 5 nitrogen and oxygen atoms in total. The summed E-state index contributed by atoms with van der Waals surface area (Å²) in [5, 5.41) is 0.443. The average molecular weight is 490 g/mol. The van der Waals surface area contributed by atoms with Crippen LogP contribution in [0.15, 0.2) is 86.5 Å². The van der Waals surface area contributed by atoms with Crippen molar-refractivity contribution in [3.8, 4) is 5.75 Å². The van der Waals surface area contributed by atoms with Gasteiger partial charge in [0.05, 0.1) is 23.6 Å². The molecule has 6 heteroatoms. The van der Waals surface area contributed by atoms with Crippen molar-refractivity contribution in [2.75, 3.05) is 6.61 Å². The summed E-state index contributed by atoms with van der Waals surface area (Å²) in [5.74, 6) is 0.503. The molecule has 3 aromatic carbocycles. The smallest absolute Gasteiger partial charge is 0.291 e. The van der Waals surface area contributed by atoms with Gasteiger partial charge in [0.25, 0.3) is 5.91 Å². The molecule has 0 saturated heterocycles. The van der Waals surface area contributed by atoms with Crippen LogP contribution in [0.3, 0.4) is 0 Å². The van der Waals surface area contributed by atoms with Gasteiger partial charge in [-0.25, -0.2) is 0 Å². The van der Waals surface area contributed by atoms with E-state index in [-0.39, 0.29) is 17.1 Å². The molecule has 0 aliphatic carbocycles. The molecule has 5 rings (SSSR count). The maximum atomic E-state index is 13.6. The van der Waals surface area contributed by atoms with Crippen molar-refractivity contribution in [2.24, 2.45) is 0 Å². The summed E-state index contributed by atoms with van der Waals surface area (Å²) in [6.45, 7) is 2.80. The van der Waals surface area contributed by atoms with Crippen LogP contribution in [-0.2, 0) is 6.54 Å². The molecule has 1 unspecified atom stereocenters. The second kappa shape index (κ2) is 8.28. The Morgan fingerprint density at radius 2 is 1.81 bits per heavy atom. The molecule has 0 bridgehead atoms. The van der Waals surface area contributed by atoms with E-state index in [2.05, 4.69) is 15.9 Å². The molecular formula is C26H20BrNO4. The standard InChI is InChI=1S/C26H20BrNO4/c1-2-31-19-10-6-9-17(13-19)23-22-24(29)20-14-18(27)11-12-21(20)32-25(22)26(30)28(23)15-16-7-4-3-5-8-16/h3-14,23H,2,15H2,1H3. The van der Waals surface area contributed by atoms with Gasteiger partial charge in [-0.15, -0.1) is 0 Å². The number of amides is 1. The van der Waals surface area contributed by atoms with Crippen LogP contribution >= 0.6 is 15.9 Å². The van der Waals surface area contributed by atoms with E-state index in [4.69, 9.17) is 9.15 Å². The van der Waals surface area contributed by atoms with E-state index in [0.717, 1.165) is 15.6 Å². The van der Waals surface area contributed by atoms with Gasteiger partial charge in [-0.2, -0.15) is 0 Å². The summed E-state index contributed by atoms with van der Waals surface area (Å²) in [7, 11) is 0. The van der Waals surface area contributed by atoms with Crippen molar-refractivity contribution in [2.45, 2.75) is 19.5 Å². The lowest BCUT2D eigenvalue weighted by atomic mass is 9.98. The van der Waals surface area contributed by atoms with Gasteiger partial charge < -0.3 is 14.1 Å². The van der Waals surface area contributed by atoms with Crippen LogP contribution in [0.5, 0.6) is 5.75 Å². The van der Waals surface area contributed by atoms with E-state index < -0.39 is 6.04 Å². The van der Waals surface area contributed by atoms with Crippen LogP contribution < -0.4 is 10.2 Å². The van der Waals surface area contributed by atoms with Crippen LogP contribution in [0.1, 0.15) is 40.2 Å². The second-order valence-corrected chi connectivity index (χ2v) is 8.56. The minimum absolute atomic E-state index is 0.104. The maximum Gasteiger partial charge on any atom is 0.291 e. The predicted molar refractivity (Wildman–Crippen MR) is 126 cm³/mol. The molecule has 4 aromatic rings. The molecule has 0 radical (unpaired) electrons. The average Bonchev–Trinajstić information content (AvgIpc) is 3.07. The quantitative estimate of drug-likeness (QED) is 0.360. The first-order valence-corrected chi connectivity index (χ1v) is 11.2. The molecule has 1 aromatic heterocycles. The number of ether oxygens (including phenoxy) is 1. The first-order chi connectivity index (χ1) is 15.6. The van der Waals surface area contributed by atoms with Crippen molar-refractivity contribution >= 4 is 32.8 Å². The van der Waals surface area contributed by atoms with Crippen molar-refractivity contribution < 1.29 is 13.9 Å². The summed E-state index contributed by atoms with van der Waals surface area (Å²) in [5.41, 5.74) is 2.34. The van der Waals surface area contributed by atoms with E-state index >= 15 is 0 Å². The third-order valence-electron chi connectivity index (χ3n) is 5.61. The van der Waals surface area contributed by atoms with Gasteiger partial charge in [-0.1, -0.05) is 58.4 Å². The van der Waals surface area contributed by atoms with E-state index in [9.17, 15) is 9.59 Å². The SMILES string of the molecule is CCOc1cccc(C2c3c(oc4ccc(Br)cc4c3=O)C(=O)N2Cc2ccccc2)c1. The molecule has 0 N–H and O–H groups in total. The maximum absolute atomic E-state index is 13.6. The van der Waals surface area contributed by atoms with E-state index in [1.807, 2.05) is 61.5 Å². The highest BCUT2D eigenvalue weighted by atomic mass is 79.9. The fourth-order valence-corrected chi connectivity index (χ4v) is 4.58. The van der Waals surface area contributed by atoms with Gasteiger partial charge in [0, 0.05) is 11.0 Å². The fourth-order valence-electron chi connectivity index (χ4n) is 4.22. The van der Waals surface area contributed by atoms with Crippen molar-refractivity contribution in [3.05, 3.63) is 110 Å². The predicted octanol–water partition coefficient (Wildman–Crippen LogP) is 5.70. The first kappa shape index (κ1) is 20.5. The summed E-state index contributed by atoms with van der Waals surface area (Å²) in [4.78, 5) is 28.8. The molecule has 0 saturated carbocycles. The highest BCUT2D eigenvalue weighted by Crippen LogP contribution is 2.40. The molecule has 32 heavy (non-hydrogen) atoms. The van der Waals surface area contributed by atoms with Crippen LogP contribution in [0.2, 0.25) is 0 Å². The number of hydrogen-bond acceptors (Lipinski definition) is 4. The lowest BCUT2D eigenvalue weighted by Gasteiger charge is -2.25. The molecule has 1 amide bonds. The highest BCUT2D eigenvalue weighted by Gasteiger charge is 2.42. The van der Waals surface area contributed by atoms with Crippen LogP contribution in [-0.4, -0.2) is 17.4 Å². The number of hydrogen-bond donors (Lipinski definition) is 0. The van der Waals surface area contributed by atoms with Gasteiger partial charge in [0.15, 0.2) is 5.43 Å². The number of carbonyl (C=O) groups is 1. The zero-order chi connectivity index (χ0) is 22.2. The lowest BCUT2D eigenvalue weighted by molar-refractivity contribution is 0.0714. The molecule has 1 aliphatic heterocycles. The number of benzene rings is 3. The Morgan fingerprint density at radius 3 is 2.59 bits per heavy atom. The van der Waals surface area contributed by atoms with E-state index in [0.29, 0.717) is 35.4 Å². The van der Waals surface area contributed by atoms with Gasteiger partial charge in [0.2, 0.25) is 5.76 Å². The molecule has 1 aliphatic rings. The number of nitrogens with zero attached hydrogens (tertiary/aromatic N) is 1. The van der Waals surface area contributed by atoms with E-state index in [1.165, 1.54) is 0 Å². The summed E-state index contributed by atoms with van der Waals surface area (Å²) in [6, 6.07) is 21.9. The Morgan fingerprint density at radius 1 is 1.00 bits per heavy atom. The fraction of sp³-hybridized carbons (Fsp3) is 0.154. The topological polar surface area (TPSA) is 59.8 Å². The van der Waals surface area contributed by atoms with Crippen molar-refractivity contribution in [1.82, 2.24) is 4.90 Å². The molecule has 160 valence electrons. The number of fused-ring (bicyclic) bond motifs is 2. The third kappa shape index (κ3) is 3.50. The zero-order valence-corrected chi connectivity index (χ0v) is 19.0. The van der Waals surface area contributed by atoms with E-state index in [1.54, 1.807) is 23.1 Å². The zero-order valence-electron chi connectivity index (χ0n) is 17.4. The second-order valence-electron chi connectivity index (χ2n) is 7.64. The Hall–Kier alpha value is -3.38. The molecule has 0 fully saturated rings. The molecule has 1 atom stereocenters. The number of halogens is 1. The lowest BCUT2D eigenvalue weighted by Crippen LogP contribution is -2.29. The Labute approximate surface area is 193 Å². The monoisotopic (exact) mass is 489 g/mol. The Balaban J connectivity index is 1.72. The van der Waals surface area contributed by atoms with Crippen molar-refractivity contribution in [3.63, 3.8) is 0 Å². The number of carbonyl (C=O) groups excluding carboxylic acids is 1. The number of rotatable bonds is 5. The van der Waals surface area contributed by atoms with Crippen LogP contribution in [0, 0.1) is 0 Å². The normalized spacial score (nSPS) is 15.2. The van der Waals surface area contributed by atoms with Crippen LogP contribution in [0.25, 0.3) is 11.0 Å². The van der Waals surface area contributed by atoms with Gasteiger partial charge >= 0.3 is 0 Å². The Kier molecular flexibility index (Phi) is 5.31. The van der Waals surface area contributed by atoms with Gasteiger partial charge in [-0.3, -0.25) is 9.59 Å². The third-order valence-corrected chi connectivity index (χ3v) is 6.10. The summed E-state index contributed by atoms with van der Waals surface area (Å²) in [6.07, 6.45) is 0. The minimum Gasteiger partial charge on any atom is -0.494 e. The van der Waals surface area contributed by atoms with Crippen molar-refractivity contribution in [1.29, 1.82) is 0 Å².